The normalized spacial score (nSPS) is 11.3. The van der Waals surface area contributed by atoms with Crippen molar-refractivity contribution in [1.29, 1.82) is 0 Å². The average Bonchev–Trinajstić information content (AvgIpc) is 3.35. The SMILES string of the molecule is Cc1ccc(/C=C/c2cc(C(=O)N(C)Cc3ccc(Oc4ccc(F)c(C)c4)cc3Cl)c3cc(Br)ccc3n2)o1. The molecule has 5 aromatic rings. The van der Waals surface area contributed by atoms with Crippen molar-refractivity contribution in [2.45, 2.75) is 20.4 Å². The van der Waals surface area contributed by atoms with Crippen LogP contribution < -0.4 is 4.74 Å². The highest BCUT2D eigenvalue weighted by Crippen LogP contribution is 2.30. The second-order valence-corrected chi connectivity index (χ2v) is 10.8. The van der Waals surface area contributed by atoms with Gasteiger partial charge < -0.3 is 14.1 Å². The Morgan fingerprint density at radius 2 is 1.80 bits per heavy atom. The molecule has 5 rings (SSSR count). The summed E-state index contributed by atoms with van der Waals surface area (Å²) < 4.78 is 25.9. The number of amides is 1. The van der Waals surface area contributed by atoms with Gasteiger partial charge in [-0.2, -0.15) is 0 Å². The molecule has 1 amide bonds. The number of fused-ring (bicyclic) bond motifs is 1. The van der Waals surface area contributed by atoms with Crippen LogP contribution in [0, 0.1) is 19.7 Å². The van der Waals surface area contributed by atoms with Crippen LogP contribution in [0.1, 0.15) is 38.7 Å². The zero-order chi connectivity index (χ0) is 28.4. The molecule has 0 fully saturated rings. The summed E-state index contributed by atoms with van der Waals surface area (Å²) in [7, 11) is 1.73. The van der Waals surface area contributed by atoms with Gasteiger partial charge in [-0.15, -0.1) is 0 Å². The molecule has 202 valence electrons. The van der Waals surface area contributed by atoms with Crippen LogP contribution in [0.5, 0.6) is 11.5 Å². The Hall–Kier alpha value is -3.94. The van der Waals surface area contributed by atoms with Crippen molar-refractivity contribution < 1.29 is 18.3 Å². The molecule has 0 bridgehead atoms. The van der Waals surface area contributed by atoms with Crippen LogP contribution >= 0.6 is 27.5 Å². The number of pyridine rings is 1. The van der Waals surface area contributed by atoms with Crippen molar-refractivity contribution in [2.24, 2.45) is 0 Å². The zero-order valence-corrected chi connectivity index (χ0v) is 24.4. The second-order valence-electron chi connectivity index (χ2n) is 9.47. The minimum Gasteiger partial charge on any atom is -0.462 e. The van der Waals surface area contributed by atoms with Crippen molar-refractivity contribution in [1.82, 2.24) is 9.88 Å². The molecule has 0 aliphatic rings. The van der Waals surface area contributed by atoms with Crippen LogP contribution in [0.4, 0.5) is 4.39 Å². The van der Waals surface area contributed by atoms with E-state index in [-0.39, 0.29) is 18.3 Å². The molecule has 0 unspecified atom stereocenters. The van der Waals surface area contributed by atoms with E-state index in [0.717, 1.165) is 21.2 Å². The fourth-order valence-corrected chi connectivity index (χ4v) is 4.85. The third kappa shape index (κ3) is 6.27. The van der Waals surface area contributed by atoms with Crippen molar-refractivity contribution in [3.8, 4) is 11.5 Å². The number of nitrogens with zero attached hydrogens (tertiary/aromatic N) is 2. The van der Waals surface area contributed by atoms with Crippen molar-refractivity contribution in [2.75, 3.05) is 7.05 Å². The molecular formula is C32H25BrClFN2O3. The van der Waals surface area contributed by atoms with Crippen molar-refractivity contribution >= 4 is 56.5 Å². The summed E-state index contributed by atoms with van der Waals surface area (Å²) in [4.78, 5) is 20.1. The van der Waals surface area contributed by atoms with E-state index in [1.807, 2.05) is 55.5 Å². The standard InChI is InChI=1S/C32H25BrClFN2O3/c1-19-14-25(11-12-30(19)35)40-26-9-5-21(29(34)17-26)18-37(3)32(38)28-16-23(7-10-24-8-4-20(2)39-24)36-31-13-6-22(33)15-27(28)31/h4-17H,18H2,1-3H3/b10-7+. The molecule has 8 heteroatoms. The molecule has 0 radical (unpaired) electrons. The Balaban J connectivity index is 1.39. The van der Waals surface area contributed by atoms with Crippen LogP contribution in [-0.2, 0) is 6.54 Å². The molecule has 0 saturated heterocycles. The molecule has 0 aliphatic carbocycles. The van der Waals surface area contributed by atoms with Crippen LogP contribution in [0.25, 0.3) is 23.1 Å². The summed E-state index contributed by atoms with van der Waals surface area (Å²) in [5.74, 6) is 2.08. The van der Waals surface area contributed by atoms with Crippen LogP contribution in [0.3, 0.4) is 0 Å². The second kappa shape index (κ2) is 11.7. The maximum absolute atomic E-state index is 13.7. The summed E-state index contributed by atoms with van der Waals surface area (Å²) in [6.45, 7) is 3.84. The third-order valence-electron chi connectivity index (χ3n) is 6.34. The van der Waals surface area contributed by atoms with Gasteiger partial charge in [0.25, 0.3) is 5.91 Å². The van der Waals surface area contributed by atoms with Gasteiger partial charge in [0.1, 0.15) is 28.8 Å². The Morgan fingerprint density at radius 3 is 2.52 bits per heavy atom. The summed E-state index contributed by atoms with van der Waals surface area (Å²) in [6.07, 6.45) is 3.66. The lowest BCUT2D eigenvalue weighted by Crippen LogP contribution is -2.26. The largest absolute Gasteiger partial charge is 0.462 e. The smallest absolute Gasteiger partial charge is 0.254 e. The van der Waals surface area contributed by atoms with E-state index in [2.05, 4.69) is 15.9 Å². The first-order valence-corrected chi connectivity index (χ1v) is 13.7. The van der Waals surface area contributed by atoms with Gasteiger partial charge in [0, 0.05) is 28.5 Å². The Kier molecular flexibility index (Phi) is 8.05. The molecule has 40 heavy (non-hydrogen) atoms. The molecule has 0 saturated carbocycles. The lowest BCUT2D eigenvalue weighted by Gasteiger charge is -2.20. The quantitative estimate of drug-likeness (QED) is 0.182. The number of halogens is 3. The predicted octanol–water partition coefficient (Wildman–Crippen LogP) is 9.23. The highest BCUT2D eigenvalue weighted by atomic mass is 79.9. The van der Waals surface area contributed by atoms with Crippen LogP contribution in [-0.4, -0.2) is 22.8 Å². The number of hydrogen-bond donors (Lipinski definition) is 0. The third-order valence-corrected chi connectivity index (χ3v) is 7.19. The first kappa shape index (κ1) is 27.6. The number of carbonyl (C=O) groups excluding carboxylic acids is 1. The highest BCUT2D eigenvalue weighted by Gasteiger charge is 2.18. The van der Waals surface area contributed by atoms with E-state index < -0.39 is 0 Å². The number of ether oxygens (including phenoxy) is 1. The van der Waals surface area contributed by atoms with Crippen LogP contribution in [0.15, 0.2) is 81.7 Å². The lowest BCUT2D eigenvalue weighted by molar-refractivity contribution is 0.0787. The van der Waals surface area contributed by atoms with E-state index in [0.29, 0.717) is 44.6 Å². The summed E-state index contributed by atoms with van der Waals surface area (Å²) in [5.41, 5.74) is 3.11. The van der Waals surface area contributed by atoms with E-state index >= 15 is 0 Å². The van der Waals surface area contributed by atoms with Gasteiger partial charge in [-0.3, -0.25) is 4.79 Å². The van der Waals surface area contributed by atoms with Crippen LogP contribution in [0.2, 0.25) is 5.02 Å². The van der Waals surface area contributed by atoms with E-state index in [9.17, 15) is 9.18 Å². The zero-order valence-electron chi connectivity index (χ0n) is 22.0. The topological polar surface area (TPSA) is 55.6 Å². The number of benzene rings is 3. The van der Waals surface area contributed by atoms with Gasteiger partial charge >= 0.3 is 0 Å². The molecule has 2 heterocycles. The van der Waals surface area contributed by atoms with Gasteiger partial charge in [-0.05, 0) is 104 Å². The first-order chi connectivity index (χ1) is 19.2. The summed E-state index contributed by atoms with van der Waals surface area (Å²) in [5, 5.41) is 1.19. The summed E-state index contributed by atoms with van der Waals surface area (Å²) in [6, 6.07) is 21.0. The Labute approximate surface area is 245 Å². The number of rotatable bonds is 7. The number of aromatic nitrogens is 1. The minimum atomic E-state index is -0.293. The van der Waals surface area contributed by atoms with Crippen molar-refractivity contribution in [3.63, 3.8) is 0 Å². The van der Waals surface area contributed by atoms with E-state index in [1.165, 1.54) is 6.07 Å². The molecule has 3 aromatic carbocycles. The van der Waals surface area contributed by atoms with E-state index in [4.69, 9.17) is 25.7 Å². The molecule has 5 nitrogen and oxygen atoms in total. The minimum absolute atomic E-state index is 0.174. The maximum atomic E-state index is 13.7. The molecular weight excluding hydrogens is 595 g/mol. The fourth-order valence-electron chi connectivity index (χ4n) is 4.26. The molecule has 2 aromatic heterocycles. The average molecular weight is 620 g/mol. The van der Waals surface area contributed by atoms with Gasteiger partial charge in [-0.25, -0.2) is 9.37 Å². The predicted molar refractivity (Wildman–Crippen MR) is 160 cm³/mol. The van der Waals surface area contributed by atoms with E-state index in [1.54, 1.807) is 49.2 Å². The van der Waals surface area contributed by atoms with Crippen molar-refractivity contribution in [3.05, 3.63) is 122 Å². The lowest BCUT2D eigenvalue weighted by atomic mass is 10.1. The maximum Gasteiger partial charge on any atom is 0.254 e. The first-order valence-electron chi connectivity index (χ1n) is 12.5. The summed E-state index contributed by atoms with van der Waals surface area (Å²) >= 11 is 10.1. The molecule has 0 spiro atoms. The number of furan rings is 1. The van der Waals surface area contributed by atoms with Gasteiger partial charge in [0.15, 0.2) is 0 Å². The number of carbonyl (C=O) groups is 1. The van der Waals surface area contributed by atoms with Gasteiger partial charge in [0.2, 0.25) is 0 Å². The van der Waals surface area contributed by atoms with Gasteiger partial charge in [0.05, 0.1) is 16.8 Å². The monoisotopic (exact) mass is 618 g/mol. The molecule has 0 aliphatic heterocycles. The highest BCUT2D eigenvalue weighted by molar-refractivity contribution is 9.10. The molecule has 0 atom stereocenters. The number of hydrogen-bond acceptors (Lipinski definition) is 4. The Morgan fingerprint density at radius 1 is 1.02 bits per heavy atom. The Bertz CT molecular complexity index is 1770. The number of aryl methyl sites for hydroxylation is 2. The fraction of sp³-hybridized carbons (Fsp3) is 0.125. The van der Waals surface area contributed by atoms with Gasteiger partial charge in [-0.1, -0.05) is 33.6 Å². The molecule has 0 N–H and O–H groups in total.